The molecule has 0 aromatic carbocycles. The van der Waals surface area contributed by atoms with Gasteiger partial charge in [0.15, 0.2) is 5.78 Å². The van der Waals surface area contributed by atoms with E-state index in [2.05, 4.69) is 27.1 Å². The van der Waals surface area contributed by atoms with Crippen LogP contribution in [-0.2, 0) is 16.1 Å². The fourth-order valence-corrected chi connectivity index (χ4v) is 3.57. The van der Waals surface area contributed by atoms with E-state index < -0.39 is 5.92 Å². The third-order valence-electron chi connectivity index (χ3n) is 4.01. The zero-order chi connectivity index (χ0) is 15.9. The molecule has 2 N–H and O–H groups in total. The first-order valence-corrected chi connectivity index (χ1v) is 7.92. The molecular weight excluding hydrogens is 348 g/mol. The van der Waals surface area contributed by atoms with Gasteiger partial charge in [-0.2, -0.15) is 10.4 Å². The SMILES string of the molecule is CCn1ncc(Br)c1[C@H]1C(C#N)=C(N)OC2=C1C(=O)CCC2. The van der Waals surface area contributed by atoms with E-state index in [-0.39, 0.29) is 17.2 Å². The topological polar surface area (TPSA) is 93.9 Å². The number of carbonyl (C=O) groups is 1. The minimum atomic E-state index is -0.515. The highest BCUT2D eigenvalue weighted by Gasteiger charge is 2.40. The Labute approximate surface area is 136 Å². The molecule has 0 fully saturated rings. The van der Waals surface area contributed by atoms with Crippen LogP contribution in [0, 0.1) is 11.3 Å². The van der Waals surface area contributed by atoms with Crippen LogP contribution in [0.4, 0.5) is 0 Å². The largest absolute Gasteiger partial charge is 0.444 e. The van der Waals surface area contributed by atoms with E-state index in [0.717, 1.165) is 16.6 Å². The van der Waals surface area contributed by atoms with Crippen LogP contribution in [-0.4, -0.2) is 15.6 Å². The number of hydrogen-bond donors (Lipinski definition) is 1. The molecule has 0 unspecified atom stereocenters. The van der Waals surface area contributed by atoms with Crippen LogP contribution in [0.3, 0.4) is 0 Å². The molecule has 0 radical (unpaired) electrons. The van der Waals surface area contributed by atoms with E-state index in [9.17, 15) is 10.1 Å². The Balaban J connectivity index is 2.25. The lowest BCUT2D eigenvalue weighted by molar-refractivity contribution is -0.116. The minimum absolute atomic E-state index is 0.0160. The van der Waals surface area contributed by atoms with Crippen LogP contribution in [0.25, 0.3) is 0 Å². The van der Waals surface area contributed by atoms with Crippen LogP contribution < -0.4 is 5.73 Å². The Morgan fingerprint density at radius 2 is 2.36 bits per heavy atom. The van der Waals surface area contributed by atoms with Crippen LogP contribution in [0.5, 0.6) is 0 Å². The number of nitrogens with zero attached hydrogens (tertiary/aromatic N) is 3. The number of Topliss-reactive ketones (excluding diaryl/α,β-unsaturated/α-hetero) is 1. The van der Waals surface area contributed by atoms with E-state index >= 15 is 0 Å². The van der Waals surface area contributed by atoms with Crippen molar-refractivity contribution in [3.05, 3.63) is 39.2 Å². The van der Waals surface area contributed by atoms with Crippen molar-refractivity contribution in [1.82, 2.24) is 9.78 Å². The predicted octanol–water partition coefficient (Wildman–Crippen LogP) is 2.48. The Morgan fingerprint density at radius 3 is 3.05 bits per heavy atom. The molecule has 1 atom stereocenters. The monoisotopic (exact) mass is 362 g/mol. The third-order valence-corrected chi connectivity index (χ3v) is 4.62. The first-order valence-electron chi connectivity index (χ1n) is 7.13. The van der Waals surface area contributed by atoms with E-state index in [1.165, 1.54) is 0 Å². The van der Waals surface area contributed by atoms with Gasteiger partial charge in [-0.25, -0.2) is 0 Å². The summed E-state index contributed by atoms with van der Waals surface area (Å²) in [5.74, 6) is 0.172. The summed E-state index contributed by atoms with van der Waals surface area (Å²) in [5.41, 5.74) is 7.51. The van der Waals surface area contributed by atoms with Gasteiger partial charge < -0.3 is 10.5 Å². The lowest BCUT2D eigenvalue weighted by atomic mass is 9.79. The zero-order valence-electron chi connectivity index (χ0n) is 12.1. The second-order valence-corrected chi connectivity index (χ2v) is 6.09. The van der Waals surface area contributed by atoms with E-state index in [1.807, 2.05) is 6.92 Å². The number of hydrogen-bond acceptors (Lipinski definition) is 5. The summed E-state index contributed by atoms with van der Waals surface area (Å²) in [5, 5.41) is 13.8. The zero-order valence-corrected chi connectivity index (χ0v) is 13.7. The molecule has 2 heterocycles. The summed E-state index contributed by atoms with van der Waals surface area (Å²) in [4.78, 5) is 12.5. The molecule has 22 heavy (non-hydrogen) atoms. The summed E-state index contributed by atoms with van der Waals surface area (Å²) in [6, 6.07) is 2.11. The van der Waals surface area contributed by atoms with Gasteiger partial charge in [0.2, 0.25) is 5.88 Å². The van der Waals surface area contributed by atoms with Crippen molar-refractivity contribution in [3.63, 3.8) is 0 Å². The van der Waals surface area contributed by atoms with E-state index in [1.54, 1.807) is 10.9 Å². The van der Waals surface area contributed by atoms with Gasteiger partial charge in [0.1, 0.15) is 17.4 Å². The fourth-order valence-electron chi connectivity index (χ4n) is 3.04. The number of aromatic nitrogens is 2. The molecular formula is C15H15BrN4O2. The van der Waals surface area contributed by atoms with Gasteiger partial charge >= 0.3 is 0 Å². The van der Waals surface area contributed by atoms with Crippen molar-refractivity contribution in [2.45, 2.75) is 38.6 Å². The summed E-state index contributed by atoms with van der Waals surface area (Å²) in [6.07, 6.45) is 3.55. The highest BCUT2D eigenvalue weighted by molar-refractivity contribution is 9.10. The van der Waals surface area contributed by atoms with Crippen molar-refractivity contribution in [2.75, 3.05) is 0 Å². The van der Waals surface area contributed by atoms with Crippen LogP contribution in [0.1, 0.15) is 37.8 Å². The first-order chi connectivity index (χ1) is 10.6. The normalized spacial score (nSPS) is 21.5. The molecule has 2 aliphatic rings. The molecule has 1 aliphatic carbocycles. The van der Waals surface area contributed by atoms with Gasteiger partial charge in [0.05, 0.1) is 22.3 Å². The van der Waals surface area contributed by atoms with Gasteiger partial charge in [-0.3, -0.25) is 9.48 Å². The number of rotatable bonds is 2. The number of nitrogens with two attached hydrogens (primary N) is 1. The maximum Gasteiger partial charge on any atom is 0.205 e. The molecule has 0 bridgehead atoms. The number of allylic oxidation sites excluding steroid dienone is 3. The summed E-state index contributed by atoms with van der Waals surface area (Å²) in [7, 11) is 0. The second kappa shape index (κ2) is 5.61. The minimum Gasteiger partial charge on any atom is -0.444 e. The van der Waals surface area contributed by atoms with Crippen LogP contribution in [0.2, 0.25) is 0 Å². The van der Waals surface area contributed by atoms with Crippen LogP contribution in [0.15, 0.2) is 33.5 Å². The molecule has 1 aromatic heterocycles. The number of aryl methyl sites for hydroxylation is 1. The van der Waals surface area contributed by atoms with Crippen molar-refractivity contribution in [3.8, 4) is 6.07 Å². The highest BCUT2D eigenvalue weighted by Crippen LogP contribution is 2.45. The predicted molar refractivity (Wildman–Crippen MR) is 82.1 cm³/mol. The Hall–Kier alpha value is -2.07. The number of carbonyl (C=O) groups excluding carboxylic acids is 1. The molecule has 3 rings (SSSR count). The van der Waals surface area contributed by atoms with Crippen molar-refractivity contribution < 1.29 is 9.53 Å². The molecule has 1 aromatic rings. The van der Waals surface area contributed by atoms with Gasteiger partial charge in [0, 0.05) is 25.0 Å². The average molecular weight is 363 g/mol. The molecule has 0 saturated carbocycles. The summed E-state index contributed by atoms with van der Waals surface area (Å²) in [6.45, 7) is 2.59. The maximum atomic E-state index is 12.5. The van der Waals surface area contributed by atoms with Gasteiger partial charge in [0.25, 0.3) is 0 Å². The van der Waals surface area contributed by atoms with Gasteiger partial charge in [-0.1, -0.05) is 0 Å². The van der Waals surface area contributed by atoms with Crippen molar-refractivity contribution in [2.24, 2.45) is 5.73 Å². The molecule has 0 amide bonds. The van der Waals surface area contributed by atoms with Gasteiger partial charge in [-0.15, -0.1) is 0 Å². The highest BCUT2D eigenvalue weighted by atomic mass is 79.9. The molecule has 114 valence electrons. The Kier molecular flexibility index (Phi) is 3.79. The summed E-state index contributed by atoms with van der Waals surface area (Å²) >= 11 is 3.48. The quantitative estimate of drug-likeness (QED) is 0.871. The number of halogens is 1. The number of nitriles is 1. The molecule has 1 aliphatic heterocycles. The maximum absolute atomic E-state index is 12.5. The average Bonchev–Trinajstić information content (AvgIpc) is 2.86. The number of ketones is 1. The van der Waals surface area contributed by atoms with Crippen LogP contribution >= 0.6 is 15.9 Å². The molecule has 0 saturated heterocycles. The van der Waals surface area contributed by atoms with Gasteiger partial charge in [-0.05, 0) is 29.3 Å². The lowest BCUT2D eigenvalue weighted by Gasteiger charge is -2.31. The smallest absolute Gasteiger partial charge is 0.205 e. The Morgan fingerprint density at radius 1 is 1.59 bits per heavy atom. The standard InChI is InChI=1S/C15H15BrN4O2/c1-2-20-14(9(16)7-19-20)12-8(6-17)15(18)22-11-5-3-4-10(21)13(11)12/h7,12H,2-5,18H2,1H3/t12-/m0/s1. The van der Waals surface area contributed by atoms with E-state index in [4.69, 9.17) is 10.5 Å². The fraction of sp³-hybridized carbons (Fsp3) is 0.400. The lowest BCUT2D eigenvalue weighted by Crippen LogP contribution is -2.28. The first kappa shape index (κ1) is 14.9. The van der Waals surface area contributed by atoms with E-state index in [0.29, 0.717) is 30.7 Å². The van der Waals surface area contributed by atoms with Crippen molar-refractivity contribution >= 4 is 21.7 Å². The van der Waals surface area contributed by atoms with Crippen molar-refractivity contribution in [1.29, 1.82) is 5.26 Å². The number of ether oxygens (including phenoxy) is 1. The Bertz CT molecular complexity index is 754. The second-order valence-electron chi connectivity index (χ2n) is 5.23. The third kappa shape index (κ3) is 2.15. The molecule has 0 spiro atoms. The molecule has 7 heteroatoms. The molecule has 6 nitrogen and oxygen atoms in total. The summed E-state index contributed by atoms with van der Waals surface area (Å²) < 4.78 is 8.09.